The van der Waals surface area contributed by atoms with Gasteiger partial charge in [-0.2, -0.15) is 0 Å². The molecule has 0 spiro atoms. The molecular weight excluding hydrogens is 460 g/mol. The fraction of sp³-hybridized carbons (Fsp3) is 0.250. The van der Waals surface area contributed by atoms with Gasteiger partial charge in [-0.3, -0.25) is 14.4 Å². The Balaban J connectivity index is 1.73. The molecule has 0 bridgehead atoms. The van der Waals surface area contributed by atoms with Gasteiger partial charge in [-0.05, 0) is 50.2 Å². The molecule has 0 saturated carbocycles. The van der Waals surface area contributed by atoms with Crippen LogP contribution < -0.4 is 24.8 Å². The number of benzene rings is 3. The van der Waals surface area contributed by atoms with E-state index < -0.39 is 0 Å². The smallest absolute Gasteiger partial charge is 0.255 e. The van der Waals surface area contributed by atoms with Crippen molar-refractivity contribution >= 4 is 29.0 Å². The van der Waals surface area contributed by atoms with E-state index in [0.29, 0.717) is 53.0 Å². The lowest BCUT2D eigenvalue weighted by molar-refractivity contribution is -0.116. The van der Waals surface area contributed by atoms with Crippen LogP contribution in [-0.4, -0.2) is 37.9 Å². The van der Waals surface area contributed by atoms with Crippen molar-refractivity contribution in [2.45, 2.75) is 26.7 Å². The molecule has 0 aliphatic rings. The summed E-state index contributed by atoms with van der Waals surface area (Å²) < 4.78 is 16.5. The summed E-state index contributed by atoms with van der Waals surface area (Å²) in [7, 11) is 1.55. The summed E-state index contributed by atoms with van der Waals surface area (Å²) >= 11 is 0. The summed E-state index contributed by atoms with van der Waals surface area (Å²) in [5.41, 5.74) is 1.81. The fourth-order valence-corrected chi connectivity index (χ4v) is 3.45. The molecule has 3 rings (SSSR count). The van der Waals surface area contributed by atoms with Crippen molar-refractivity contribution < 1.29 is 28.6 Å². The Morgan fingerprint density at radius 1 is 0.722 bits per heavy atom. The van der Waals surface area contributed by atoms with E-state index in [-0.39, 0.29) is 30.4 Å². The van der Waals surface area contributed by atoms with Gasteiger partial charge >= 0.3 is 0 Å². The number of rotatable bonds is 12. The van der Waals surface area contributed by atoms with Crippen LogP contribution in [0.3, 0.4) is 0 Å². The van der Waals surface area contributed by atoms with Crippen molar-refractivity contribution in [3.05, 3.63) is 77.9 Å². The third kappa shape index (κ3) is 7.09. The maximum absolute atomic E-state index is 12.7. The van der Waals surface area contributed by atoms with Gasteiger partial charge in [-0.1, -0.05) is 18.2 Å². The van der Waals surface area contributed by atoms with E-state index in [2.05, 4.69) is 10.6 Å². The van der Waals surface area contributed by atoms with Crippen molar-refractivity contribution in [3.63, 3.8) is 0 Å². The molecule has 188 valence electrons. The average molecular weight is 491 g/mol. The largest absolute Gasteiger partial charge is 0.497 e. The summed E-state index contributed by atoms with van der Waals surface area (Å²) in [4.78, 5) is 37.8. The van der Waals surface area contributed by atoms with E-state index >= 15 is 0 Å². The van der Waals surface area contributed by atoms with Crippen LogP contribution in [0.4, 0.5) is 11.4 Å². The van der Waals surface area contributed by atoms with Crippen LogP contribution in [0.15, 0.2) is 66.7 Å². The second-order valence-corrected chi connectivity index (χ2v) is 7.73. The SMILES string of the molecule is CCOc1cc(NC(=O)c2ccccc2)c(OCC)cc1NC(=O)CCC(=O)c1ccc(OC)cc1. The monoisotopic (exact) mass is 490 g/mol. The second-order valence-electron chi connectivity index (χ2n) is 7.73. The predicted octanol–water partition coefficient (Wildman–Crippen LogP) is 5.35. The zero-order valence-corrected chi connectivity index (χ0v) is 20.6. The van der Waals surface area contributed by atoms with Crippen LogP contribution in [0.5, 0.6) is 17.2 Å². The van der Waals surface area contributed by atoms with Gasteiger partial charge in [0.15, 0.2) is 5.78 Å². The highest BCUT2D eigenvalue weighted by molar-refractivity contribution is 6.06. The number of ketones is 1. The van der Waals surface area contributed by atoms with Crippen molar-refractivity contribution in [1.29, 1.82) is 0 Å². The number of nitrogens with one attached hydrogen (secondary N) is 2. The number of carbonyl (C=O) groups is 3. The van der Waals surface area contributed by atoms with Gasteiger partial charge < -0.3 is 24.8 Å². The number of amides is 2. The lowest BCUT2D eigenvalue weighted by Crippen LogP contribution is -2.16. The van der Waals surface area contributed by atoms with E-state index in [9.17, 15) is 14.4 Å². The van der Waals surface area contributed by atoms with E-state index in [0.717, 1.165) is 0 Å². The Bertz CT molecular complexity index is 1190. The summed E-state index contributed by atoms with van der Waals surface area (Å²) in [6.45, 7) is 4.34. The number of methoxy groups -OCH3 is 1. The lowest BCUT2D eigenvalue weighted by atomic mass is 10.1. The molecule has 0 atom stereocenters. The molecule has 0 radical (unpaired) electrons. The number of hydrogen-bond donors (Lipinski definition) is 2. The molecule has 0 aromatic heterocycles. The van der Waals surface area contributed by atoms with Crippen LogP contribution in [0.1, 0.15) is 47.4 Å². The summed E-state index contributed by atoms with van der Waals surface area (Å²) in [6, 6.07) is 18.8. The number of ether oxygens (including phenoxy) is 3. The molecular formula is C28H30N2O6. The predicted molar refractivity (Wildman–Crippen MR) is 138 cm³/mol. The average Bonchev–Trinajstić information content (AvgIpc) is 2.90. The zero-order valence-electron chi connectivity index (χ0n) is 20.6. The number of hydrogen-bond acceptors (Lipinski definition) is 6. The second kappa shape index (κ2) is 12.9. The standard InChI is InChI=1S/C28H30N2O6/c1-4-35-25-18-23(30-28(33)20-9-7-6-8-10-20)26(36-5-2)17-22(25)29-27(32)16-15-24(31)19-11-13-21(34-3)14-12-19/h6-14,17-18H,4-5,15-16H2,1-3H3,(H,29,32)(H,30,33). The first-order valence-corrected chi connectivity index (χ1v) is 11.7. The molecule has 0 fully saturated rings. The van der Waals surface area contributed by atoms with E-state index in [4.69, 9.17) is 14.2 Å². The van der Waals surface area contributed by atoms with Crippen LogP contribution in [0.2, 0.25) is 0 Å². The maximum atomic E-state index is 12.7. The van der Waals surface area contributed by atoms with Crippen molar-refractivity contribution in [1.82, 2.24) is 0 Å². The van der Waals surface area contributed by atoms with Crippen LogP contribution in [-0.2, 0) is 4.79 Å². The minimum Gasteiger partial charge on any atom is -0.497 e. The summed E-state index contributed by atoms with van der Waals surface area (Å²) in [5, 5.41) is 5.65. The first-order valence-electron chi connectivity index (χ1n) is 11.7. The zero-order chi connectivity index (χ0) is 25.9. The Morgan fingerprint density at radius 2 is 1.31 bits per heavy atom. The van der Waals surface area contributed by atoms with Crippen molar-refractivity contribution in [2.24, 2.45) is 0 Å². The third-order valence-electron chi connectivity index (χ3n) is 5.23. The normalized spacial score (nSPS) is 10.3. The molecule has 0 heterocycles. The molecule has 2 amide bonds. The minimum absolute atomic E-state index is 0.00705. The molecule has 2 N–H and O–H groups in total. The number of anilines is 2. The topological polar surface area (TPSA) is 103 Å². The van der Waals surface area contributed by atoms with Gasteiger partial charge in [-0.15, -0.1) is 0 Å². The fourth-order valence-electron chi connectivity index (χ4n) is 3.45. The summed E-state index contributed by atoms with van der Waals surface area (Å²) in [5.74, 6) is 0.622. The molecule has 0 aliphatic carbocycles. The Hall–Kier alpha value is -4.33. The molecule has 8 heteroatoms. The molecule has 3 aromatic carbocycles. The van der Waals surface area contributed by atoms with Gasteiger partial charge in [0.2, 0.25) is 5.91 Å². The van der Waals surface area contributed by atoms with Crippen molar-refractivity contribution in [3.8, 4) is 17.2 Å². The van der Waals surface area contributed by atoms with E-state index in [1.54, 1.807) is 67.8 Å². The Labute approximate surface area is 210 Å². The molecule has 3 aromatic rings. The number of carbonyl (C=O) groups excluding carboxylic acids is 3. The molecule has 0 saturated heterocycles. The Morgan fingerprint density at radius 3 is 1.86 bits per heavy atom. The maximum Gasteiger partial charge on any atom is 0.255 e. The minimum atomic E-state index is -0.346. The highest BCUT2D eigenvalue weighted by Gasteiger charge is 2.18. The van der Waals surface area contributed by atoms with Crippen LogP contribution in [0, 0.1) is 0 Å². The van der Waals surface area contributed by atoms with Crippen LogP contribution in [0.25, 0.3) is 0 Å². The van der Waals surface area contributed by atoms with Crippen molar-refractivity contribution in [2.75, 3.05) is 31.0 Å². The van der Waals surface area contributed by atoms with Gasteiger partial charge in [0.1, 0.15) is 17.2 Å². The lowest BCUT2D eigenvalue weighted by Gasteiger charge is -2.18. The highest BCUT2D eigenvalue weighted by Crippen LogP contribution is 2.37. The van der Waals surface area contributed by atoms with Gasteiger partial charge in [0.25, 0.3) is 5.91 Å². The summed E-state index contributed by atoms with van der Waals surface area (Å²) in [6.07, 6.45) is 0.0402. The first kappa shape index (κ1) is 26.3. The third-order valence-corrected chi connectivity index (χ3v) is 5.23. The van der Waals surface area contributed by atoms with E-state index in [1.807, 2.05) is 19.9 Å². The van der Waals surface area contributed by atoms with Gasteiger partial charge in [-0.25, -0.2) is 0 Å². The van der Waals surface area contributed by atoms with Gasteiger partial charge in [0.05, 0.1) is 31.7 Å². The molecule has 36 heavy (non-hydrogen) atoms. The first-order chi connectivity index (χ1) is 17.4. The highest BCUT2D eigenvalue weighted by atomic mass is 16.5. The Kier molecular flexibility index (Phi) is 9.45. The molecule has 0 unspecified atom stereocenters. The molecule has 0 aliphatic heterocycles. The molecule has 8 nitrogen and oxygen atoms in total. The van der Waals surface area contributed by atoms with Gasteiger partial charge in [0, 0.05) is 36.1 Å². The van der Waals surface area contributed by atoms with Crippen LogP contribution >= 0.6 is 0 Å². The van der Waals surface area contributed by atoms with E-state index in [1.165, 1.54) is 0 Å². The quantitative estimate of drug-likeness (QED) is 0.332. The number of Topliss-reactive ketones (excluding diaryl/α,β-unsaturated/α-hetero) is 1.